The van der Waals surface area contributed by atoms with Crippen molar-refractivity contribution in [3.05, 3.63) is 72.1 Å². The van der Waals surface area contributed by atoms with E-state index in [-0.39, 0.29) is 12.2 Å². The van der Waals surface area contributed by atoms with Crippen molar-refractivity contribution in [2.24, 2.45) is 0 Å². The highest BCUT2D eigenvalue weighted by atomic mass is 19.4. The maximum Gasteiger partial charge on any atom is 0.417 e. The zero-order chi connectivity index (χ0) is 22.3. The van der Waals surface area contributed by atoms with Gasteiger partial charge in [-0.15, -0.1) is 0 Å². The number of ether oxygens (including phenoxy) is 1. The van der Waals surface area contributed by atoms with Gasteiger partial charge < -0.3 is 10.1 Å². The van der Waals surface area contributed by atoms with Crippen LogP contribution in [0.2, 0.25) is 0 Å². The van der Waals surface area contributed by atoms with Crippen LogP contribution in [0.4, 0.5) is 13.2 Å². The van der Waals surface area contributed by atoms with Crippen LogP contribution < -0.4 is 20.7 Å². The van der Waals surface area contributed by atoms with Crippen molar-refractivity contribution in [2.75, 3.05) is 7.05 Å². The molecule has 3 N–H and O–H groups in total. The number of alkyl halides is 3. The van der Waals surface area contributed by atoms with Crippen molar-refractivity contribution in [3.63, 3.8) is 0 Å². The third-order valence-electron chi connectivity index (χ3n) is 5.12. The Kier molecular flexibility index (Phi) is 7.70. The van der Waals surface area contributed by atoms with Gasteiger partial charge in [0.25, 0.3) is 0 Å². The Morgan fingerprint density at radius 1 is 1.19 bits per heavy atom. The van der Waals surface area contributed by atoms with Gasteiger partial charge in [-0.05, 0) is 62.7 Å². The summed E-state index contributed by atoms with van der Waals surface area (Å²) in [6, 6.07) is 10.1. The second-order valence-electron chi connectivity index (χ2n) is 7.39. The van der Waals surface area contributed by atoms with Gasteiger partial charge in [0.2, 0.25) is 5.88 Å². The molecule has 166 valence electrons. The molecule has 0 amide bonds. The van der Waals surface area contributed by atoms with E-state index in [1.165, 1.54) is 11.6 Å². The van der Waals surface area contributed by atoms with Crippen LogP contribution >= 0.6 is 0 Å². The standard InChI is InChI=1S/C23H27F3N4O/c1-3-28-22(27-2)30-19-10-7-16(8-11-19)13-17-5-4-6-20(14-17)31-21-12-9-18(15-29-21)23(24,25)26/h3-6,9,12-15,19,22,27-28,30H,1,7-8,10-11H2,2H3. The van der Waals surface area contributed by atoms with Gasteiger partial charge in [-0.25, -0.2) is 4.98 Å². The van der Waals surface area contributed by atoms with E-state index in [4.69, 9.17) is 4.74 Å². The lowest BCUT2D eigenvalue weighted by Crippen LogP contribution is -2.53. The number of hydrogen-bond acceptors (Lipinski definition) is 5. The summed E-state index contributed by atoms with van der Waals surface area (Å²) in [5, 5.41) is 9.80. The van der Waals surface area contributed by atoms with Crippen LogP contribution in [0.15, 0.2) is 60.9 Å². The second kappa shape index (κ2) is 10.5. The maximum absolute atomic E-state index is 12.7. The molecule has 1 heterocycles. The van der Waals surface area contributed by atoms with Crippen molar-refractivity contribution in [1.82, 2.24) is 20.9 Å². The smallest absolute Gasteiger partial charge is 0.417 e. The zero-order valence-corrected chi connectivity index (χ0v) is 17.4. The molecule has 3 rings (SSSR count). The Morgan fingerprint density at radius 3 is 2.58 bits per heavy atom. The molecule has 1 aliphatic carbocycles. The van der Waals surface area contributed by atoms with Crippen molar-refractivity contribution in [1.29, 1.82) is 0 Å². The van der Waals surface area contributed by atoms with Crippen LogP contribution in [-0.2, 0) is 6.18 Å². The van der Waals surface area contributed by atoms with E-state index in [2.05, 4.69) is 33.6 Å². The molecule has 1 unspecified atom stereocenters. The Hall–Kier alpha value is -2.84. The number of nitrogens with zero attached hydrogens (tertiary/aromatic N) is 1. The van der Waals surface area contributed by atoms with Crippen LogP contribution in [0.5, 0.6) is 11.6 Å². The van der Waals surface area contributed by atoms with E-state index < -0.39 is 11.7 Å². The molecule has 0 saturated heterocycles. The minimum Gasteiger partial charge on any atom is -0.439 e. The molecule has 8 heteroatoms. The highest BCUT2D eigenvalue weighted by molar-refractivity contribution is 5.55. The van der Waals surface area contributed by atoms with Crippen molar-refractivity contribution < 1.29 is 17.9 Å². The van der Waals surface area contributed by atoms with Crippen molar-refractivity contribution >= 4 is 6.08 Å². The molecule has 1 aromatic carbocycles. The summed E-state index contributed by atoms with van der Waals surface area (Å²) in [4.78, 5) is 3.76. The summed E-state index contributed by atoms with van der Waals surface area (Å²) in [7, 11) is 1.89. The molecule has 1 aromatic heterocycles. The fourth-order valence-electron chi connectivity index (χ4n) is 3.50. The maximum atomic E-state index is 12.7. The predicted octanol–water partition coefficient (Wildman–Crippen LogP) is 5.04. The second-order valence-corrected chi connectivity index (χ2v) is 7.39. The van der Waals surface area contributed by atoms with Crippen molar-refractivity contribution in [3.8, 4) is 11.6 Å². The van der Waals surface area contributed by atoms with Gasteiger partial charge in [0.1, 0.15) is 12.0 Å². The van der Waals surface area contributed by atoms with Gasteiger partial charge in [0.15, 0.2) is 0 Å². The predicted molar refractivity (Wildman–Crippen MR) is 115 cm³/mol. The number of rotatable bonds is 8. The quantitative estimate of drug-likeness (QED) is 0.510. The van der Waals surface area contributed by atoms with Gasteiger partial charge in [-0.3, -0.25) is 10.6 Å². The largest absolute Gasteiger partial charge is 0.439 e. The minimum atomic E-state index is -4.41. The molecule has 1 atom stereocenters. The molecule has 0 aliphatic heterocycles. The molecule has 0 bridgehead atoms. The lowest BCUT2D eigenvalue weighted by Gasteiger charge is -2.29. The molecule has 0 spiro atoms. The topological polar surface area (TPSA) is 58.2 Å². The van der Waals surface area contributed by atoms with Crippen LogP contribution in [0, 0.1) is 0 Å². The van der Waals surface area contributed by atoms with Gasteiger partial charge >= 0.3 is 6.18 Å². The van der Waals surface area contributed by atoms with Gasteiger partial charge in [-0.1, -0.05) is 30.4 Å². The molecule has 1 fully saturated rings. The summed E-state index contributed by atoms with van der Waals surface area (Å²) in [5.74, 6) is 0.654. The number of hydrogen-bond donors (Lipinski definition) is 3. The number of aromatic nitrogens is 1. The Labute approximate surface area is 180 Å². The summed E-state index contributed by atoms with van der Waals surface area (Å²) in [5.41, 5.74) is 1.55. The molecule has 2 aromatic rings. The van der Waals surface area contributed by atoms with E-state index in [9.17, 15) is 13.2 Å². The van der Waals surface area contributed by atoms with E-state index >= 15 is 0 Å². The highest BCUT2D eigenvalue weighted by Gasteiger charge is 2.30. The summed E-state index contributed by atoms with van der Waals surface area (Å²) < 4.78 is 43.6. The van der Waals surface area contributed by atoms with Crippen molar-refractivity contribution in [2.45, 2.75) is 44.2 Å². The molecular formula is C23H27F3N4O. The first-order valence-corrected chi connectivity index (χ1v) is 10.2. The molecular weight excluding hydrogens is 405 g/mol. The van der Waals surface area contributed by atoms with Crippen LogP contribution in [-0.4, -0.2) is 24.4 Å². The van der Waals surface area contributed by atoms with Crippen LogP contribution in [0.1, 0.15) is 36.8 Å². The Bertz CT molecular complexity index is 886. The average Bonchev–Trinajstić information content (AvgIpc) is 2.75. The Morgan fingerprint density at radius 2 is 1.97 bits per heavy atom. The van der Waals surface area contributed by atoms with Gasteiger partial charge in [0.05, 0.1) is 5.56 Å². The normalized spacial score (nSPS) is 17.7. The first-order chi connectivity index (χ1) is 14.9. The SMILES string of the molecule is C=CNC(NC)NC1CCC(=Cc2cccc(Oc3ccc(C(F)(F)F)cn3)c2)CC1. The monoisotopic (exact) mass is 432 g/mol. The van der Waals surface area contributed by atoms with E-state index in [0.29, 0.717) is 11.8 Å². The van der Waals surface area contributed by atoms with Crippen LogP contribution in [0.3, 0.4) is 0 Å². The number of pyridine rings is 1. The minimum absolute atomic E-state index is 0.000618. The molecule has 31 heavy (non-hydrogen) atoms. The first-order valence-electron chi connectivity index (χ1n) is 10.2. The van der Waals surface area contributed by atoms with Gasteiger partial charge in [0, 0.05) is 18.3 Å². The lowest BCUT2D eigenvalue weighted by molar-refractivity contribution is -0.137. The molecule has 1 aliphatic rings. The van der Waals surface area contributed by atoms with E-state index in [1.807, 2.05) is 25.2 Å². The third-order valence-corrected chi connectivity index (χ3v) is 5.12. The Balaban J connectivity index is 1.58. The number of halogens is 3. The average molecular weight is 432 g/mol. The zero-order valence-electron chi connectivity index (χ0n) is 17.4. The summed E-state index contributed by atoms with van der Waals surface area (Å²) in [6.45, 7) is 3.69. The highest BCUT2D eigenvalue weighted by Crippen LogP contribution is 2.31. The van der Waals surface area contributed by atoms with E-state index in [0.717, 1.165) is 43.5 Å². The molecule has 5 nitrogen and oxygen atoms in total. The fraction of sp³-hybridized carbons (Fsp3) is 0.348. The number of allylic oxidation sites excluding steroid dienone is 1. The van der Waals surface area contributed by atoms with Crippen LogP contribution in [0.25, 0.3) is 6.08 Å². The first kappa shape index (κ1) is 22.8. The summed E-state index contributed by atoms with van der Waals surface area (Å²) in [6.07, 6.45) is 4.24. The lowest BCUT2D eigenvalue weighted by atomic mass is 9.89. The molecule has 1 saturated carbocycles. The third kappa shape index (κ3) is 6.83. The number of nitrogens with one attached hydrogen (secondary N) is 3. The molecule has 0 radical (unpaired) electrons. The van der Waals surface area contributed by atoms with E-state index in [1.54, 1.807) is 12.3 Å². The number of benzene rings is 1. The summed E-state index contributed by atoms with van der Waals surface area (Å²) >= 11 is 0. The van der Waals surface area contributed by atoms with Gasteiger partial charge in [-0.2, -0.15) is 13.2 Å². The fourth-order valence-corrected chi connectivity index (χ4v) is 3.50.